The molecule has 6 nitrogen and oxygen atoms in total. The van der Waals surface area contributed by atoms with Crippen LogP contribution in [0.25, 0.3) is 0 Å². The van der Waals surface area contributed by atoms with Crippen LogP contribution in [0.15, 0.2) is 36.7 Å². The van der Waals surface area contributed by atoms with E-state index in [0.29, 0.717) is 12.4 Å². The van der Waals surface area contributed by atoms with Crippen LogP contribution < -0.4 is 20.7 Å². The van der Waals surface area contributed by atoms with Crippen LogP contribution in [0.4, 0.5) is 5.82 Å². The minimum atomic E-state index is 0.338. The Labute approximate surface area is 105 Å². The number of methoxy groups -OCH3 is 1. The molecule has 18 heavy (non-hydrogen) atoms. The van der Waals surface area contributed by atoms with Crippen molar-refractivity contribution in [3.63, 3.8) is 0 Å². The average Bonchev–Trinajstić information content (AvgIpc) is 2.46. The van der Waals surface area contributed by atoms with Gasteiger partial charge in [0.15, 0.2) is 5.82 Å². The Morgan fingerprint density at radius 3 is 2.72 bits per heavy atom. The molecule has 1 aromatic carbocycles. The predicted octanol–water partition coefficient (Wildman–Crippen LogP) is 1.35. The molecule has 2 aromatic rings. The SMILES string of the molecule is COc1cccc(OCc2cnc(NN)cn2)c1. The van der Waals surface area contributed by atoms with Gasteiger partial charge in [0.05, 0.1) is 25.2 Å². The molecular formula is C12H14N4O2. The van der Waals surface area contributed by atoms with Crippen LogP contribution in [0.1, 0.15) is 5.69 Å². The van der Waals surface area contributed by atoms with Crippen molar-refractivity contribution in [2.45, 2.75) is 6.61 Å². The topological polar surface area (TPSA) is 82.3 Å². The maximum Gasteiger partial charge on any atom is 0.158 e. The van der Waals surface area contributed by atoms with E-state index >= 15 is 0 Å². The number of anilines is 1. The molecule has 0 aliphatic rings. The number of nitrogen functional groups attached to an aromatic ring is 1. The number of benzene rings is 1. The fourth-order valence-electron chi connectivity index (χ4n) is 1.35. The molecule has 0 fully saturated rings. The summed E-state index contributed by atoms with van der Waals surface area (Å²) in [5.74, 6) is 7.18. The van der Waals surface area contributed by atoms with Crippen molar-refractivity contribution in [2.24, 2.45) is 5.84 Å². The quantitative estimate of drug-likeness (QED) is 0.612. The molecule has 0 saturated heterocycles. The summed E-state index contributed by atoms with van der Waals surface area (Å²) in [6.07, 6.45) is 3.15. The third-order valence-electron chi connectivity index (χ3n) is 2.28. The fourth-order valence-corrected chi connectivity index (χ4v) is 1.35. The molecule has 0 aliphatic carbocycles. The lowest BCUT2D eigenvalue weighted by Crippen LogP contribution is -2.09. The second kappa shape index (κ2) is 5.83. The zero-order chi connectivity index (χ0) is 12.8. The van der Waals surface area contributed by atoms with Crippen LogP contribution in [0.2, 0.25) is 0 Å². The highest BCUT2D eigenvalue weighted by molar-refractivity contribution is 5.33. The molecule has 0 amide bonds. The maximum absolute atomic E-state index is 5.57. The van der Waals surface area contributed by atoms with Crippen LogP contribution in [-0.2, 0) is 6.61 Å². The summed E-state index contributed by atoms with van der Waals surface area (Å²) < 4.78 is 10.7. The second-order valence-electron chi connectivity index (χ2n) is 3.50. The molecule has 0 radical (unpaired) electrons. The van der Waals surface area contributed by atoms with Gasteiger partial charge in [-0.05, 0) is 12.1 Å². The second-order valence-corrected chi connectivity index (χ2v) is 3.50. The van der Waals surface area contributed by atoms with Gasteiger partial charge in [-0.25, -0.2) is 10.8 Å². The third kappa shape index (κ3) is 3.08. The van der Waals surface area contributed by atoms with Gasteiger partial charge in [0.1, 0.15) is 18.1 Å². The van der Waals surface area contributed by atoms with E-state index in [9.17, 15) is 0 Å². The number of hydrazine groups is 1. The third-order valence-corrected chi connectivity index (χ3v) is 2.28. The largest absolute Gasteiger partial charge is 0.497 e. The molecule has 0 bridgehead atoms. The highest BCUT2D eigenvalue weighted by Gasteiger charge is 2.00. The van der Waals surface area contributed by atoms with Gasteiger partial charge in [0, 0.05) is 6.07 Å². The number of nitrogens with zero attached hydrogens (tertiary/aromatic N) is 2. The van der Waals surface area contributed by atoms with E-state index in [1.807, 2.05) is 24.3 Å². The summed E-state index contributed by atoms with van der Waals surface area (Å²) in [6.45, 7) is 0.338. The van der Waals surface area contributed by atoms with Crippen molar-refractivity contribution >= 4 is 5.82 Å². The summed E-state index contributed by atoms with van der Waals surface area (Å²) in [5.41, 5.74) is 3.13. The highest BCUT2D eigenvalue weighted by atomic mass is 16.5. The predicted molar refractivity (Wildman–Crippen MR) is 67.2 cm³/mol. The number of aromatic nitrogens is 2. The fraction of sp³-hybridized carbons (Fsp3) is 0.167. The van der Waals surface area contributed by atoms with Crippen molar-refractivity contribution in [1.29, 1.82) is 0 Å². The van der Waals surface area contributed by atoms with E-state index in [0.717, 1.165) is 17.2 Å². The number of hydrogen-bond donors (Lipinski definition) is 2. The average molecular weight is 246 g/mol. The van der Waals surface area contributed by atoms with E-state index in [4.69, 9.17) is 15.3 Å². The van der Waals surface area contributed by atoms with Gasteiger partial charge in [0.2, 0.25) is 0 Å². The van der Waals surface area contributed by atoms with Crippen LogP contribution >= 0.6 is 0 Å². The van der Waals surface area contributed by atoms with Crippen molar-refractivity contribution in [3.05, 3.63) is 42.4 Å². The molecule has 2 rings (SSSR count). The first-order valence-electron chi connectivity index (χ1n) is 5.36. The number of nitrogens with two attached hydrogens (primary N) is 1. The molecule has 0 unspecified atom stereocenters. The lowest BCUT2D eigenvalue weighted by molar-refractivity contribution is 0.298. The molecule has 0 saturated carbocycles. The normalized spacial score (nSPS) is 9.89. The number of nitrogens with one attached hydrogen (secondary N) is 1. The first-order valence-corrected chi connectivity index (χ1v) is 5.36. The van der Waals surface area contributed by atoms with Gasteiger partial charge in [-0.1, -0.05) is 6.07 Å². The zero-order valence-corrected chi connectivity index (χ0v) is 9.96. The molecule has 0 atom stereocenters. The van der Waals surface area contributed by atoms with Crippen molar-refractivity contribution in [3.8, 4) is 11.5 Å². The lowest BCUT2D eigenvalue weighted by atomic mass is 10.3. The Bertz CT molecular complexity index is 502. The van der Waals surface area contributed by atoms with E-state index < -0.39 is 0 Å². The Kier molecular flexibility index (Phi) is 3.93. The van der Waals surface area contributed by atoms with Crippen LogP contribution in [0.5, 0.6) is 11.5 Å². The van der Waals surface area contributed by atoms with E-state index in [-0.39, 0.29) is 0 Å². The summed E-state index contributed by atoms with van der Waals surface area (Å²) >= 11 is 0. The van der Waals surface area contributed by atoms with Crippen LogP contribution in [0, 0.1) is 0 Å². The van der Waals surface area contributed by atoms with E-state index in [1.165, 1.54) is 0 Å². The van der Waals surface area contributed by atoms with Crippen LogP contribution in [0.3, 0.4) is 0 Å². The van der Waals surface area contributed by atoms with E-state index in [2.05, 4.69) is 15.4 Å². The number of ether oxygens (including phenoxy) is 2. The van der Waals surface area contributed by atoms with Crippen LogP contribution in [-0.4, -0.2) is 17.1 Å². The van der Waals surface area contributed by atoms with Gasteiger partial charge in [-0.3, -0.25) is 4.98 Å². The minimum absolute atomic E-state index is 0.338. The standard InChI is InChI=1S/C12H14N4O2/c1-17-10-3-2-4-11(5-10)18-8-9-6-15-12(16-13)7-14-9/h2-7H,8,13H2,1H3,(H,15,16). The first kappa shape index (κ1) is 12.1. The van der Waals surface area contributed by atoms with Crippen molar-refractivity contribution in [2.75, 3.05) is 12.5 Å². The summed E-state index contributed by atoms with van der Waals surface area (Å²) in [5, 5.41) is 0. The summed E-state index contributed by atoms with van der Waals surface area (Å²) in [7, 11) is 1.61. The molecule has 6 heteroatoms. The monoisotopic (exact) mass is 246 g/mol. The van der Waals surface area contributed by atoms with Gasteiger partial charge >= 0.3 is 0 Å². The number of hydrogen-bond acceptors (Lipinski definition) is 6. The first-order chi connectivity index (χ1) is 8.81. The Balaban J connectivity index is 1.97. The smallest absolute Gasteiger partial charge is 0.158 e. The highest BCUT2D eigenvalue weighted by Crippen LogP contribution is 2.19. The Morgan fingerprint density at radius 1 is 1.22 bits per heavy atom. The van der Waals surface area contributed by atoms with Gasteiger partial charge in [-0.15, -0.1) is 0 Å². The molecule has 0 spiro atoms. The van der Waals surface area contributed by atoms with Crippen molar-refractivity contribution < 1.29 is 9.47 Å². The van der Waals surface area contributed by atoms with Crippen molar-refractivity contribution in [1.82, 2.24) is 9.97 Å². The summed E-state index contributed by atoms with van der Waals surface area (Å²) in [6, 6.07) is 7.38. The Hall–Kier alpha value is -2.34. The van der Waals surface area contributed by atoms with Gasteiger partial charge < -0.3 is 14.9 Å². The lowest BCUT2D eigenvalue weighted by Gasteiger charge is -2.07. The van der Waals surface area contributed by atoms with Gasteiger partial charge in [0.25, 0.3) is 0 Å². The molecule has 3 N–H and O–H groups in total. The number of rotatable bonds is 5. The summed E-state index contributed by atoms with van der Waals surface area (Å²) in [4.78, 5) is 8.19. The molecule has 1 aromatic heterocycles. The van der Waals surface area contributed by atoms with Gasteiger partial charge in [-0.2, -0.15) is 0 Å². The Morgan fingerprint density at radius 2 is 2.06 bits per heavy atom. The van der Waals surface area contributed by atoms with E-state index in [1.54, 1.807) is 19.5 Å². The molecule has 94 valence electrons. The minimum Gasteiger partial charge on any atom is -0.497 e. The zero-order valence-electron chi connectivity index (χ0n) is 9.96. The molecule has 1 heterocycles. The maximum atomic E-state index is 5.57. The molecular weight excluding hydrogens is 232 g/mol. The molecule has 0 aliphatic heterocycles.